The van der Waals surface area contributed by atoms with Crippen LogP contribution in [-0.4, -0.2) is 4.92 Å². The highest BCUT2D eigenvalue weighted by Gasteiger charge is 2.09. The van der Waals surface area contributed by atoms with Crippen molar-refractivity contribution in [2.24, 2.45) is 0 Å². The van der Waals surface area contributed by atoms with Gasteiger partial charge < -0.3 is 11.5 Å². The number of nitro benzene ring substituents is 1. The molecule has 0 unspecified atom stereocenters. The summed E-state index contributed by atoms with van der Waals surface area (Å²) < 4.78 is 0. The summed E-state index contributed by atoms with van der Waals surface area (Å²) in [4.78, 5) is 10.1. The van der Waals surface area contributed by atoms with E-state index in [0.29, 0.717) is 11.4 Å². The van der Waals surface area contributed by atoms with Gasteiger partial charge in [0.05, 0.1) is 4.92 Å². The largest absolute Gasteiger partial charge is 0.399 e. The molecular formula is C10H9N3O2. The number of hydrogen-bond acceptors (Lipinski definition) is 4. The molecule has 2 rings (SSSR count). The maximum Gasteiger partial charge on any atom is 0.272 e. The van der Waals surface area contributed by atoms with E-state index in [2.05, 4.69) is 0 Å². The fourth-order valence-electron chi connectivity index (χ4n) is 1.49. The topological polar surface area (TPSA) is 95.2 Å². The number of rotatable bonds is 1. The van der Waals surface area contributed by atoms with E-state index in [0.717, 1.165) is 10.8 Å². The zero-order valence-electron chi connectivity index (χ0n) is 7.81. The first-order valence-corrected chi connectivity index (χ1v) is 4.31. The Labute approximate surface area is 85.4 Å². The molecule has 0 aliphatic heterocycles. The van der Waals surface area contributed by atoms with Gasteiger partial charge in [-0.3, -0.25) is 10.1 Å². The van der Waals surface area contributed by atoms with Crippen LogP contribution in [0, 0.1) is 10.1 Å². The van der Waals surface area contributed by atoms with E-state index < -0.39 is 4.92 Å². The van der Waals surface area contributed by atoms with Crippen LogP contribution in [0.5, 0.6) is 0 Å². The Hall–Kier alpha value is -2.30. The molecule has 0 aliphatic carbocycles. The van der Waals surface area contributed by atoms with E-state index >= 15 is 0 Å². The molecule has 0 saturated carbocycles. The molecule has 0 aromatic heterocycles. The number of hydrogen-bond donors (Lipinski definition) is 2. The third-order valence-electron chi connectivity index (χ3n) is 2.21. The van der Waals surface area contributed by atoms with Crippen molar-refractivity contribution in [1.82, 2.24) is 0 Å². The van der Waals surface area contributed by atoms with Crippen LogP contribution in [0.2, 0.25) is 0 Å². The number of anilines is 2. The fraction of sp³-hybridized carbons (Fsp3) is 0. The molecule has 0 atom stereocenters. The van der Waals surface area contributed by atoms with E-state index in [1.165, 1.54) is 12.1 Å². The maximum atomic E-state index is 10.6. The summed E-state index contributed by atoms with van der Waals surface area (Å²) in [5.74, 6) is 0. The minimum atomic E-state index is -0.466. The standard InChI is InChI=1S/C10H9N3O2/c11-7-2-1-6-3-8(13(14)15)5-10(12)9(6)4-7/h1-5H,11-12H2. The van der Waals surface area contributed by atoms with E-state index in [4.69, 9.17) is 11.5 Å². The third kappa shape index (κ3) is 1.54. The molecule has 0 bridgehead atoms. The molecule has 0 spiro atoms. The van der Waals surface area contributed by atoms with Gasteiger partial charge in [-0.1, -0.05) is 6.07 Å². The summed E-state index contributed by atoms with van der Waals surface area (Å²) in [6.07, 6.45) is 0. The second-order valence-corrected chi connectivity index (χ2v) is 3.27. The van der Waals surface area contributed by atoms with Gasteiger partial charge >= 0.3 is 0 Å². The molecule has 0 amide bonds. The molecule has 0 radical (unpaired) electrons. The van der Waals surface area contributed by atoms with Crippen LogP contribution in [0.25, 0.3) is 10.8 Å². The van der Waals surface area contributed by atoms with Crippen molar-refractivity contribution in [2.45, 2.75) is 0 Å². The highest BCUT2D eigenvalue weighted by molar-refractivity contribution is 5.96. The molecule has 0 aliphatic rings. The van der Waals surface area contributed by atoms with Crippen molar-refractivity contribution in [3.05, 3.63) is 40.4 Å². The Balaban J connectivity index is 2.78. The van der Waals surface area contributed by atoms with Crippen LogP contribution in [-0.2, 0) is 0 Å². The predicted octanol–water partition coefficient (Wildman–Crippen LogP) is 1.91. The maximum absolute atomic E-state index is 10.6. The van der Waals surface area contributed by atoms with Gasteiger partial charge in [0.15, 0.2) is 0 Å². The van der Waals surface area contributed by atoms with Gasteiger partial charge in [-0.05, 0) is 17.5 Å². The van der Waals surface area contributed by atoms with E-state index in [1.807, 2.05) is 0 Å². The number of nitrogen functional groups attached to an aromatic ring is 2. The van der Waals surface area contributed by atoms with Crippen LogP contribution in [0.4, 0.5) is 17.1 Å². The quantitative estimate of drug-likeness (QED) is 0.420. The number of nitrogens with zero attached hydrogens (tertiary/aromatic N) is 1. The van der Waals surface area contributed by atoms with Gasteiger partial charge in [0, 0.05) is 28.9 Å². The van der Waals surface area contributed by atoms with Crippen LogP contribution < -0.4 is 11.5 Å². The van der Waals surface area contributed by atoms with Gasteiger partial charge in [0.2, 0.25) is 0 Å². The lowest BCUT2D eigenvalue weighted by molar-refractivity contribution is -0.384. The van der Waals surface area contributed by atoms with Crippen molar-refractivity contribution in [3.8, 4) is 0 Å². The molecule has 76 valence electrons. The van der Waals surface area contributed by atoms with E-state index in [9.17, 15) is 10.1 Å². The Bertz CT molecular complexity index is 552. The lowest BCUT2D eigenvalue weighted by Gasteiger charge is -2.03. The lowest BCUT2D eigenvalue weighted by atomic mass is 10.1. The summed E-state index contributed by atoms with van der Waals surface area (Å²) >= 11 is 0. The second-order valence-electron chi connectivity index (χ2n) is 3.27. The molecule has 0 saturated heterocycles. The smallest absolute Gasteiger partial charge is 0.272 e. The Morgan fingerprint density at radius 2 is 1.87 bits per heavy atom. The number of fused-ring (bicyclic) bond motifs is 1. The van der Waals surface area contributed by atoms with Crippen molar-refractivity contribution < 1.29 is 4.92 Å². The molecule has 2 aromatic carbocycles. The van der Waals surface area contributed by atoms with E-state index in [-0.39, 0.29) is 5.69 Å². The minimum absolute atomic E-state index is 0.00947. The number of nitrogens with two attached hydrogens (primary N) is 2. The van der Waals surface area contributed by atoms with Gasteiger partial charge in [0.25, 0.3) is 5.69 Å². The van der Waals surface area contributed by atoms with Crippen LogP contribution >= 0.6 is 0 Å². The molecule has 5 heteroatoms. The molecular weight excluding hydrogens is 194 g/mol. The average molecular weight is 203 g/mol. The van der Waals surface area contributed by atoms with Crippen molar-refractivity contribution in [3.63, 3.8) is 0 Å². The first-order chi connectivity index (χ1) is 7.08. The summed E-state index contributed by atoms with van der Waals surface area (Å²) in [5, 5.41) is 12.0. The van der Waals surface area contributed by atoms with Crippen LogP contribution in [0.15, 0.2) is 30.3 Å². The average Bonchev–Trinajstić information content (AvgIpc) is 2.18. The first-order valence-electron chi connectivity index (χ1n) is 4.31. The van der Waals surface area contributed by atoms with Gasteiger partial charge in [-0.25, -0.2) is 0 Å². The third-order valence-corrected chi connectivity index (χ3v) is 2.21. The number of non-ortho nitro benzene ring substituents is 1. The van der Waals surface area contributed by atoms with Crippen molar-refractivity contribution >= 4 is 27.8 Å². The van der Waals surface area contributed by atoms with Gasteiger partial charge in [-0.15, -0.1) is 0 Å². The zero-order valence-corrected chi connectivity index (χ0v) is 7.81. The van der Waals surface area contributed by atoms with Gasteiger partial charge in [-0.2, -0.15) is 0 Å². The van der Waals surface area contributed by atoms with Crippen molar-refractivity contribution in [2.75, 3.05) is 11.5 Å². The van der Waals surface area contributed by atoms with Crippen LogP contribution in [0.3, 0.4) is 0 Å². The monoisotopic (exact) mass is 203 g/mol. The summed E-state index contributed by atoms with van der Waals surface area (Å²) in [6, 6.07) is 7.92. The highest BCUT2D eigenvalue weighted by atomic mass is 16.6. The normalized spacial score (nSPS) is 10.4. The molecule has 0 heterocycles. The fourth-order valence-corrected chi connectivity index (χ4v) is 1.49. The molecule has 15 heavy (non-hydrogen) atoms. The SMILES string of the molecule is Nc1ccc2cc([N+](=O)[O-])cc(N)c2c1. The second kappa shape index (κ2) is 3.13. The molecule has 0 fully saturated rings. The summed E-state index contributed by atoms with van der Waals surface area (Å²) in [6.45, 7) is 0. The molecule has 4 N–H and O–H groups in total. The predicted molar refractivity (Wildman–Crippen MR) is 59.4 cm³/mol. The lowest BCUT2D eigenvalue weighted by Crippen LogP contribution is -1.93. The summed E-state index contributed by atoms with van der Waals surface area (Å²) in [7, 11) is 0. The summed E-state index contributed by atoms with van der Waals surface area (Å²) in [5.41, 5.74) is 12.2. The van der Waals surface area contributed by atoms with Crippen molar-refractivity contribution in [1.29, 1.82) is 0 Å². The number of benzene rings is 2. The minimum Gasteiger partial charge on any atom is -0.399 e. The Kier molecular flexibility index (Phi) is 1.93. The first kappa shape index (κ1) is 9.26. The van der Waals surface area contributed by atoms with E-state index in [1.54, 1.807) is 18.2 Å². The Morgan fingerprint density at radius 1 is 1.13 bits per heavy atom. The molecule has 5 nitrogen and oxygen atoms in total. The van der Waals surface area contributed by atoms with Crippen LogP contribution in [0.1, 0.15) is 0 Å². The molecule has 2 aromatic rings. The Morgan fingerprint density at radius 3 is 2.53 bits per heavy atom. The zero-order chi connectivity index (χ0) is 11.0. The highest BCUT2D eigenvalue weighted by Crippen LogP contribution is 2.28. The van der Waals surface area contributed by atoms with Gasteiger partial charge in [0.1, 0.15) is 0 Å². The number of nitro groups is 1.